The van der Waals surface area contributed by atoms with Crippen molar-refractivity contribution in [1.82, 2.24) is 14.9 Å². The second-order valence-corrected chi connectivity index (χ2v) is 7.08. The Balaban J connectivity index is 1.72. The number of hydrogen-bond acceptors (Lipinski definition) is 4. The summed E-state index contributed by atoms with van der Waals surface area (Å²) in [5.41, 5.74) is 0.629. The predicted octanol–water partition coefficient (Wildman–Crippen LogP) is 3.65. The molecule has 0 spiro atoms. The Hall–Kier alpha value is -1.65. The van der Waals surface area contributed by atoms with Crippen molar-refractivity contribution >= 4 is 11.9 Å². The van der Waals surface area contributed by atoms with Gasteiger partial charge >= 0.3 is 0 Å². The van der Waals surface area contributed by atoms with Crippen molar-refractivity contribution in [1.29, 1.82) is 0 Å². The summed E-state index contributed by atoms with van der Waals surface area (Å²) < 4.78 is 0. The van der Waals surface area contributed by atoms with Gasteiger partial charge in [-0.05, 0) is 51.4 Å². The average molecular weight is 330 g/mol. The predicted molar refractivity (Wildman–Crippen MR) is 96.3 cm³/mol. The number of anilines is 1. The first kappa shape index (κ1) is 17.2. The molecule has 0 saturated carbocycles. The molecule has 2 saturated heterocycles. The van der Waals surface area contributed by atoms with Gasteiger partial charge in [-0.2, -0.15) is 0 Å². The highest BCUT2D eigenvalue weighted by molar-refractivity contribution is 5.94. The maximum atomic E-state index is 12.8. The number of rotatable bonds is 4. The van der Waals surface area contributed by atoms with Crippen LogP contribution in [-0.2, 0) is 0 Å². The fraction of sp³-hybridized carbons (Fsp3) is 0.737. The van der Waals surface area contributed by atoms with Crippen molar-refractivity contribution in [3.05, 3.63) is 18.0 Å². The minimum Gasteiger partial charge on any atom is -0.338 e. The Labute approximate surface area is 145 Å². The average Bonchev–Trinajstić information content (AvgIpc) is 2.67. The van der Waals surface area contributed by atoms with Gasteiger partial charge in [0.25, 0.3) is 5.91 Å². The summed E-state index contributed by atoms with van der Waals surface area (Å²) in [5.74, 6) is 0.877. The van der Waals surface area contributed by atoms with Gasteiger partial charge in [0.1, 0.15) is 0 Å². The van der Waals surface area contributed by atoms with Crippen molar-refractivity contribution in [3.63, 3.8) is 0 Å². The molecule has 2 unspecified atom stereocenters. The summed E-state index contributed by atoms with van der Waals surface area (Å²) in [6.07, 6.45) is 12.8. The Bertz CT molecular complexity index is 545. The number of carbonyl (C=O) groups excluding carboxylic acids is 1. The number of likely N-dealkylation sites (tertiary alicyclic amines) is 1. The van der Waals surface area contributed by atoms with Gasteiger partial charge in [-0.3, -0.25) is 4.79 Å². The molecule has 0 bridgehead atoms. The first-order chi connectivity index (χ1) is 11.7. The number of aromatic nitrogens is 2. The Morgan fingerprint density at radius 3 is 2.29 bits per heavy atom. The lowest BCUT2D eigenvalue weighted by molar-refractivity contribution is 0.0607. The van der Waals surface area contributed by atoms with E-state index >= 15 is 0 Å². The number of nitrogens with zero attached hydrogens (tertiary/aromatic N) is 4. The molecular formula is C19H30N4O. The standard InChI is InChI=1S/C19H30N4O/c1-3-16-9-5-7-11-22(16)18(24)15-13-20-19(21-14-15)23-12-8-6-10-17(23)4-2/h13-14,16-17H,3-12H2,1-2H3. The van der Waals surface area contributed by atoms with E-state index < -0.39 is 0 Å². The molecular weight excluding hydrogens is 300 g/mol. The zero-order valence-electron chi connectivity index (χ0n) is 15.1. The number of piperidine rings is 2. The van der Waals surface area contributed by atoms with Gasteiger partial charge < -0.3 is 9.80 Å². The summed E-state index contributed by atoms with van der Waals surface area (Å²) in [5, 5.41) is 0. The van der Waals surface area contributed by atoms with E-state index in [1.165, 1.54) is 25.7 Å². The maximum Gasteiger partial charge on any atom is 0.257 e. The van der Waals surface area contributed by atoms with Crippen LogP contribution in [0.3, 0.4) is 0 Å². The van der Waals surface area contributed by atoms with Gasteiger partial charge in [-0.25, -0.2) is 9.97 Å². The van der Waals surface area contributed by atoms with Gasteiger partial charge in [-0.1, -0.05) is 13.8 Å². The van der Waals surface area contributed by atoms with E-state index in [2.05, 4.69) is 28.7 Å². The molecule has 0 aromatic carbocycles. The Morgan fingerprint density at radius 2 is 1.62 bits per heavy atom. The van der Waals surface area contributed by atoms with Gasteiger partial charge in [0.15, 0.2) is 0 Å². The van der Waals surface area contributed by atoms with Crippen LogP contribution in [0.25, 0.3) is 0 Å². The van der Waals surface area contributed by atoms with E-state index in [1.807, 2.05) is 4.90 Å². The monoisotopic (exact) mass is 330 g/mol. The second kappa shape index (κ2) is 7.95. The van der Waals surface area contributed by atoms with E-state index in [4.69, 9.17) is 0 Å². The largest absolute Gasteiger partial charge is 0.338 e. The van der Waals surface area contributed by atoms with Crippen LogP contribution in [0.5, 0.6) is 0 Å². The fourth-order valence-corrected chi connectivity index (χ4v) is 4.13. The highest BCUT2D eigenvalue weighted by Gasteiger charge is 2.27. The molecule has 0 N–H and O–H groups in total. The van der Waals surface area contributed by atoms with Crippen molar-refractivity contribution in [2.45, 2.75) is 77.3 Å². The Morgan fingerprint density at radius 1 is 1.00 bits per heavy atom. The zero-order chi connectivity index (χ0) is 16.9. The maximum absolute atomic E-state index is 12.8. The molecule has 3 heterocycles. The van der Waals surface area contributed by atoms with Crippen LogP contribution in [0.15, 0.2) is 12.4 Å². The van der Waals surface area contributed by atoms with Crippen molar-refractivity contribution in [2.75, 3.05) is 18.0 Å². The van der Waals surface area contributed by atoms with Crippen molar-refractivity contribution in [3.8, 4) is 0 Å². The van der Waals surface area contributed by atoms with Crippen LogP contribution >= 0.6 is 0 Å². The quantitative estimate of drug-likeness (QED) is 0.845. The summed E-state index contributed by atoms with van der Waals surface area (Å²) in [4.78, 5) is 26.2. The molecule has 1 aromatic heterocycles. The summed E-state index contributed by atoms with van der Waals surface area (Å²) in [7, 11) is 0. The molecule has 2 aliphatic rings. The molecule has 24 heavy (non-hydrogen) atoms. The molecule has 2 fully saturated rings. The normalized spacial score (nSPS) is 24.9. The first-order valence-corrected chi connectivity index (χ1v) is 9.64. The second-order valence-electron chi connectivity index (χ2n) is 7.08. The van der Waals surface area contributed by atoms with Gasteiger partial charge in [0.05, 0.1) is 5.56 Å². The molecule has 132 valence electrons. The summed E-state index contributed by atoms with van der Waals surface area (Å²) >= 11 is 0. The van der Waals surface area contributed by atoms with E-state index in [1.54, 1.807) is 12.4 Å². The van der Waals surface area contributed by atoms with Crippen LogP contribution < -0.4 is 4.90 Å². The molecule has 1 amide bonds. The Kier molecular flexibility index (Phi) is 5.69. The lowest BCUT2D eigenvalue weighted by Gasteiger charge is -2.36. The number of carbonyl (C=O) groups is 1. The van der Waals surface area contributed by atoms with Gasteiger partial charge in [0.2, 0.25) is 5.95 Å². The summed E-state index contributed by atoms with van der Waals surface area (Å²) in [6.45, 7) is 6.28. The molecule has 0 aliphatic carbocycles. The van der Waals surface area contributed by atoms with Crippen LogP contribution in [0.2, 0.25) is 0 Å². The van der Waals surface area contributed by atoms with E-state index in [9.17, 15) is 4.79 Å². The molecule has 1 aromatic rings. The molecule has 2 atom stereocenters. The SMILES string of the molecule is CCC1CCCCN1C(=O)c1cnc(N2CCCCC2CC)nc1. The van der Waals surface area contributed by atoms with Crippen molar-refractivity contribution in [2.24, 2.45) is 0 Å². The van der Waals surface area contributed by atoms with E-state index in [-0.39, 0.29) is 5.91 Å². The van der Waals surface area contributed by atoms with E-state index in [0.717, 1.165) is 44.7 Å². The lowest BCUT2D eigenvalue weighted by Crippen LogP contribution is -2.43. The fourth-order valence-electron chi connectivity index (χ4n) is 4.13. The van der Waals surface area contributed by atoms with Crippen LogP contribution in [0, 0.1) is 0 Å². The van der Waals surface area contributed by atoms with Crippen molar-refractivity contribution < 1.29 is 4.79 Å². The number of hydrogen-bond donors (Lipinski definition) is 0. The first-order valence-electron chi connectivity index (χ1n) is 9.64. The third-order valence-corrected chi connectivity index (χ3v) is 5.60. The minimum absolute atomic E-state index is 0.0961. The van der Waals surface area contributed by atoms with Gasteiger partial charge in [-0.15, -0.1) is 0 Å². The lowest BCUT2D eigenvalue weighted by atomic mass is 9.99. The third-order valence-electron chi connectivity index (χ3n) is 5.60. The van der Waals surface area contributed by atoms with Crippen LogP contribution in [-0.4, -0.2) is 45.9 Å². The molecule has 0 radical (unpaired) electrons. The van der Waals surface area contributed by atoms with Crippen LogP contribution in [0.4, 0.5) is 5.95 Å². The van der Waals surface area contributed by atoms with Crippen LogP contribution in [0.1, 0.15) is 75.6 Å². The number of amides is 1. The highest BCUT2D eigenvalue weighted by Crippen LogP contribution is 2.25. The topological polar surface area (TPSA) is 49.3 Å². The smallest absolute Gasteiger partial charge is 0.257 e. The molecule has 5 heteroatoms. The summed E-state index contributed by atoms with van der Waals surface area (Å²) in [6, 6.07) is 0.907. The molecule has 2 aliphatic heterocycles. The zero-order valence-corrected chi connectivity index (χ0v) is 15.1. The third kappa shape index (κ3) is 3.55. The highest BCUT2D eigenvalue weighted by atomic mass is 16.2. The molecule has 3 rings (SSSR count). The minimum atomic E-state index is 0.0961. The van der Waals surface area contributed by atoms with E-state index in [0.29, 0.717) is 17.6 Å². The molecule has 5 nitrogen and oxygen atoms in total. The van der Waals surface area contributed by atoms with Gasteiger partial charge in [0, 0.05) is 37.6 Å².